The van der Waals surface area contributed by atoms with Crippen LogP contribution in [0.25, 0.3) is 22.9 Å². The highest BCUT2D eigenvalue weighted by molar-refractivity contribution is 7.71. The minimum Gasteiger partial charge on any atom is -0.507 e. The molecular formula is C15H12N4O2S. The van der Waals surface area contributed by atoms with E-state index in [0.29, 0.717) is 5.56 Å². The van der Waals surface area contributed by atoms with Gasteiger partial charge in [0.15, 0.2) is 5.69 Å². The summed E-state index contributed by atoms with van der Waals surface area (Å²) in [5.41, 5.74) is 0.188. The third kappa shape index (κ3) is 2.38. The molecule has 0 aliphatic carbocycles. The van der Waals surface area contributed by atoms with Crippen molar-refractivity contribution in [3.8, 4) is 5.75 Å². The van der Waals surface area contributed by atoms with Gasteiger partial charge in [0, 0.05) is 5.56 Å². The largest absolute Gasteiger partial charge is 0.507 e. The van der Waals surface area contributed by atoms with E-state index in [1.807, 2.05) is 30.3 Å². The van der Waals surface area contributed by atoms with Crippen LogP contribution in [0, 0.1) is 4.77 Å². The summed E-state index contributed by atoms with van der Waals surface area (Å²) in [5.74, 6) is 5.64. The molecule has 4 N–H and O–H groups in total. The van der Waals surface area contributed by atoms with Crippen molar-refractivity contribution in [2.24, 2.45) is 0 Å². The van der Waals surface area contributed by atoms with Crippen LogP contribution >= 0.6 is 12.2 Å². The summed E-state index contributed by atoms with van der Waals surface area (Å²) in [6, 6.07) is 11.1. The molecule has 0 aliphatic rings. The van der Waals surface area contributed by atoms with Gasteiger partial charge in [0.2, 0.25) is 4.77 Å². The Morgan fingerprint density at radius 1 is 1.23 bits per heavy atom. The summed E-state index contributed by atoms with van der Waals surface area (Å²) < 4.78 is 0.848. The Bertz CT molecular complexity index is 1000. The minimum atomic E-state index is -0.514. The Morgan fingerprint density at radius 3 is 2.82 bits per heavy atom. The molecule has 1 aromatic heterocycles. The number of fused-ring (bicyclic) bond motifs is 1. The van der Waals surface area contributed by atoms with Crippen LogP contribution in [0.3, 0.4) is 0 Å². The van der Waals surface area contributed by atoms with Gasteiger partial charge in [-0.3, -0.25) is 9.89 Å². The van der Waals surface area contributed by atoms with Crippen molar-refractivity contribution in [1.82, 2.24) is 14.9 Å². The quantitative estimate of drug-likeness (QED) is 0.497. The first-order valence-electron chi connectivity index (χ1n) is 6.43. The van der Waals surface area contributed by atoms with Crippen molar-refractivity contribution >= 4 is 35.1 Å². The van der Waals surface area contributed by atoms with Gasteiger partial charge >= 0.3 is 0 Å². The molecule has 0 bridgehead atoms. The number of phenolic OH excluding ortho intramolecular Hbond substituents is 1. The van der Waals surface area contributed by atoms with Gasteiger partial charge in [-0.25, -0.2) is 0 Å². The summed E-state index contributed by atoms with van der Waals surface area (Å²) >= 11 is 4.82. The van der Waals surface area contributed by atoms with Gasteiger partial charge in [-0.15, -0.1) is 0 Å². The molecule has 7 heteroatoms. The summed E-state index contributed by atoms with van der Waals surface area (Å²) in [5, 5.41) is 18.2. The number of hydrogen-bond donors (Lipinski definition) is 3. The first kappa shape index (κ1) is 14.0. The van der Waals surface area contributed by atoms with Crippen LogP contribution in [0.4, 0.5) is 0 Å². The maximum absolute atomic E-state index is 11.9. The van der Waals surface area contributed by atoms with Gasteiger partial charge in [0.25, 0.3) is 5.56 Å². The third-order valence-corrected chi connectivity index (χ3v) is 3.57. The summed E-state index contributed by atoms with van der Waals surface area (Å²) in [7, 11) is 0. The zero-order valence-corrected chi connectivity index (χ0v) is 12.2. The Kier molecular flexibility index (Phi) is 3.48. The lowest BCUT2D eigenvalue weighted by atomic mass is 10.0. The van der Waals surface area contributed by atoms with Gasteiger partial charge in [0.05, 0.1) is 0 Å². The van der Waals surface area contributed by atoms with E-state index in [9.17, 15) is 9.90 Å². The van der Waals surface area contributed by atoms with Crippen LogP contribution in [-0.4, -0.2) is 20.0 Å². The molecule has 0 atom stereocenters. The molecule has 0 spiro atoms. The van der Waals surface area contributed by atoms with Crippen molar-refractivity contribution in [2.45, 2.75) is 0 Å². The molecule has 0 saturated heterocycles. The van der Waals surface area contributed by atoms with E-state index in [1.165, 1.54) is 6.08 Å². The summed E-state index contributed by atoms with van der Waals surface area (Å²) in [4.78, 5) is 11.9. The van der Waals surface area contributed by atoms with Crippen molar-refractivity contribution in [3.63, 3.8) is 0 Å². The van der Waals surface area contributed by atoms with E-state index < -0.39 is 5.56 Å². The number of aromatic amines is 1. The predicted octanol–water partition coefficient (Wildman–Crippen LogP) is 2.04. The van der Waals surface area contributed by atoms with Crippen molar-refractivity contribution < 1.29 is 5.11 Å². The second-order valence-electron chi connectivity index (χ2n) is 4.64. The number of aromatic hydroxyl groups is 1. The number of hydrogen-bond acceptors (Lipinski definition) is 5. The first-order chi connectivity index (χ1) is 10.6. The number of H-pyrrole nitrogens is 1. The molecule has 0 radical (unpaired) electrons. The van der Waals surface area contributed by atoms with Crippen LogP contribution in [0.1, 0.15) is 11.3 Å². The zero-order chi connectivity index (χ0) is 15.7. The molecule has 22 heavy (non-hydrogen) atoms. The highest BCUT2D eigenvalue weighted by atomic mass is 32.1. The molecule has 0 unspecified atom stereocenters. The predicted molar refractivity (Wildman–Crippen MR) is 88.4 cm³/mol. The van der Waals surface area contributed by atoms with E-state index in [2.05, 4.69) is 10.2 Å². The number of rotatable bonds is 2. The third-order valence-electron chi connectivity index (χ3n) is 3.28. The molecular weight excluding hydrogens is 300 g/mol. The second-order valence-corrected chi connectivity index (χ2v) is 5.03. The SMILES string of the molecule is Nn1c(=S)[nH]nc(/C=C/c2c(O)ccc3ccccc23)c1=O. The van der Waals surface area contributed by atoms with Gasteiger partial charge in [-0.2, -0.15) is 9.77 Å². The fourth-order valence-corrected chi connectivity index (χ4v) is 2.28. The lowest BCUT2D eigenvalue weighted by Gasteiger charge is -2.05. The molecule has 0 fully saturated rings. The smallest absolute Gasteiger partial charge is 0.298 e. The van der Waals surface area contributed by atoms with E-state index in [-0.39, 0.29) is 16.2 Å². The molecule has 6 nitrogen and oxygen atoms in total. The number of phenols is 1. The van der Waals surface area contributed by atoms with Crippen molar-refractivity contribution in [2.75, 3.05) is 5.84 Å². The number of nitrogens with two attached hydrogens (primary N) is 1. The molecule has 2 aromatic carbocycles. The number of aromatic nitrogens is 3. The molecule has 3 rings (SSSR count). The van der Waals surface area contributed by atoms with Gasteiger partial charge in [-0.1, -0.05) is 30.3 Å². The monoisotopic (exact) mass is 312 g/mol. The Hall–Kier alpha value is -2.93. The highest BCUT2D eigenvalue weighted by Gasteiger charge is 2.05. The molecule has 0 amide bonds. The van der Waals surface area contributed by atoms with E-state index in [4.69, 9.17) is 18.1 Å². The van der Waals surface area contributed by atoms with E-state index in [1.54, 1.807) is 12.1 Å². The topological polar surface area (TPSA) is 96.9 Å². The normalized spacial score (nSPS) is 11.3. The average Bonchev–Trinajstić information content (AvgIpc) is 2.53. The van der Waals surface area contributed by atoms with Gasteiger partial charge in [0.1, 0.15) is 5.75 Å². The zero-order valence-electron chi connectivity index (χ0n) is 11.4. The lowest BCUT2D eigenvalue weighted by molar-refractivity contribution is 0.475. The Morgan fingerprint density at radius 2 is 2.00 bits per heavy atom. The maximum atomic E-state index is 11.9. The van der Waals surface area contributed by atoms with Crippen LogP contribution < -0.4 is 11.4 Å². The molecule has 3 aromatic rings. The molecule has 0 aliphatic heterocycles. The average molecular weight is 312 g/mol. The van der Waals surface area contributed by atoms with Gasteiger partial charge in [-0.05, 0) is 41.2 Å². The van der Waals surface area contributed by atoms with Crippen LogP contribution in [0.2, 0.25) is 0 Å². The first-order valence-corrected chi connectivity index (χ1v) is 6.84. The Balaban J connectivity index is 2.15. The Labute approximate surface area is 130 Å². The minimum absolute atomic E-state index is 0.0372. The highest BCUT2D eigenvalue weighted by Crippen LogP contribution is 2.28. The van der Waals surface area contributed by atoms with Crippen molar-refractivity contribution in [1.29, 1.82) is 0 Å². The molecule has 0 saturated carbocycles. The summed E-state index contributed by atoms with van der Waals surface area (Å²) in [6.07, 6.45) is 3.11. The van der Waals surface area contributed by atoms with Crippen LogP contribution in [0.15, 0.2) is 41.2 Å². The van der Waals surface area contributed by atoms with Gasteiger partial charge < -0.3 is 10.9 Å². The second kappa shape index (κ2) is 5.45. The standard InChI is InChI=1S/C15H12N4O2S/c16-19-14(21)12(17-18-15(19)22)7-6-11-10-4-2-1-3-9(10)5-8-13(11)20/h1-8,20H,16H2,(H,18,22)/b7-6+. The molecule has 1 heterocycles. The van der Waals surface area contributed by atoms with Crippen molar-refractivity contribution in [3.05, 3.63) is 62.8 Å². The number of nitrogens with one attached hydrogen (secondary N) is 1. The number of nitrogens with zero attached hydrogens (tertiary/aromatic N) is 2. The maximum Gasteiger partial charge on any atom is 0.298 e. The fourth-order valence-electron chi connectivity index (χ4n) is 2.16. The number of benzene rings is 2. The van der Waals surface area contributed by atoms with Crippen LogP contribution in [0.5, 0.6) is 5.75 Å². The van der Waals surface area contributed by atoms with Crippen LogP contribution in [-0.2, 0) is 0 Å². The van der Waals surface area contributed by atoms with E-state index in [0.717, 1.165) is 15.4 Å². The lowest BCUT2D eigenvalue weighted by Crippen LogP contribution is -2.31. The number of nitrogen functional groups attached to an aromatic ring is 1. The summed E-state index contributed by atoms with van der Waals surface area (Å²) in [6.45, 7) is 0. The fraction of sp³-hybridized carbons (Fsp3) is 0. The molecule has 110 valence electrons. The van der Waals surface area contributed by atoms with E-state index >= 15 is 0 Å².